The zero-order valence-corrected chi connectivity index (χ0v) is 29.4. The number of Topliss-reactive ketones (excluding diaryl/α,β-unsaturated/α-hetero) is 1. The van der Waals surface area contributed by atoms with Gasteiger partial charge in [0.05, 0.1) is 45.0 Å². The van der Waals surface area contributed by atoms with Crippen LogP contribution in [0.1, 0.15) is 82.9 Å². The summed E-state index contributed by atoms with van der Waals surface area (Å²) in [4.78, 5) is 30.4. The van der Waals surface area contributed by atoms with Crippen molar-refractivity contribution in [1.82, 2.24) is 0 Å². The number of nitrogens with zero attached hydrogens (tertiary/aromatic N) is 2. The number of alkyl halides is 4. The van der Waals surface area contributed by atoms with E-state index in [0.717, 1.165) is 31.4 Å². The van der Waals surface area contributed by atoms with Gasteiger partial charge in [0.15, 0.2) is 11.4 Å². The highest BCUT2D eigenvalue weighted by atomic mass is 35.5. The highest BCUT2D eigenvalue weighted by Gasteiger charge is 2.54. The molecule has 0 amide bonds. The minimum atomic E-state index is -2.77. The van der Waals surface area contributed by atoms with E-state index in [4.69, 9.17) is 30.5 Å². The number of unbranched alkanes of at least 4 members (excludes halogenated alkanes) is 3. The maximum atomic E-state index is 14.4. The van der Waals surface area contributed by atoms with Crippen LogP contribution in [0.15, 0.2) is 54.6 Å². The van der Waals surface area contributed by atoms with E-state index in [1.807, 2.05) is 17.0 Å². The van der Waals surface area contributed by atoms with Crippen LogP contribution in [0.5, 0.6) is 11.5 Å². The van der Waals surface area contributed by atoms with Crippen LogP contribution in [-0.2, 0) is 19.8 Å². The fourth-order valence-corrected chi connectivity index (χ4v) is 7.53. The maximum Gasteiger partial charge on any atom is 0.340 e. The molecule has 3 aromatic rings. The number of ether oxygens (including phenoxy) is 4. The number of rotatable bonds is 16. The van der Waals surface area contributed by atoms with Gasteiger partial charge >= 0.3 is 5.97 Å². The van der Waals surface area contributed by atoms with Crippen LogP contribution in [0.25, 0.3) is 0 Å². The zero-order chi connectivity index (χ0) is 35.8. The second-order valence-corrected chi connectivity index (χ2v) is 14.5. The lowest BCUT2D eigenvalue weighted by molar-refractivity contribution is -0.0263. The SMILES string of the molecule is CC1(F)CN(c2ccc3c(c2)Oc2cc(N4CC(F)(F)C4)ccc2C32OC(=O)c3ccc(C(=O)CCCOCCOCCCCCCCl)cc32)C1. The zero-order valence-electron chi connectivity index (χ0n) is 28.7. The first-order chi connectivity index (χ1) is 24.5. The quantitative estimate of drug-likeness (QED) is 0.0636. The molecule has 0 bridgehead atoms. The van der Waals surface area contributed by atoms with Crippen LogP contribution in [-0.4, -0.2) is 81.8 Å². The summed E-state index contributed by atoms with van der Waals surface area (Å²) in [6.07, 6.45) is 4.98. The molecule has 3 aromatic carbocycles. The Kier molecular flexibility index (Phi) is 9.99. The molecule has 1 atom stereocenters. The average molecular weight is 727 g/mol. The normalized spacial score (nSPS) is 20.5. The molecule has 0 saturated carbocycles. The first-order valence-electron chi connectivity index (χ1n) is 17.7. The number of halogens is 4. The minimum absolute atomic E-state index is 0.104. The minimum Gasteiger partial charge on any atom is -0.456 e. The molecule has 2 saturated heterocycles. The third-order valence-electron chi connectivity index (χ3n) is 9.95. The summed E-state index contributed by atoms with van der Waals surface area (Å²) in [5.41, 5.74) is 0.833. The van der Waals surface area contributed by atoms with E-state index in [1.165, 1.54) is 0 Å². The maximum absolute atomic E-state index is 14.4. The van der Waals surface area contributed by atoms with Gasteiger partial charge in [-0.1, -0.05) is 18.9 Å². The number of benzene rings is 3. The van der Waals surface area contributed by atoms with Gasteiger partial charge in [0.2, 0.25) is 0 Å². The van der Waals surface area contributed by atoms with Gasteiger partial charge in [0.1, 0.15) is 17.2 Å². The van der Waals surface area contributed by atoms with Crippen molar-refractivity contribution < 1.29 is 41.7 Å². The summed E-state index contributed by atoms with van der Waals surface area (Å²) < 4.78 is 66.0. The molecule has 0 aromatic heterocycles. The van der Waals surface area contributed by atoms with Crippen molar-refractivity contribution in [3.8, 4) is 11.5 Å². The molecule has 2 fully saturated rings. The topological polar surface area (TPSA) is 77.5 Å². The molecular formula is C39H42ClF3N2O6. The van der Waals surface area contributed by atoms with E-state index in [9.17, 15) is 22.8 Å². The molecule has 4 heterocycles. The molecule has 0 aliphatic carbocycles. The van der Waals surface area contributed by atoms with Gasteiger partial charge < -0.3 is 28.7 Å². The molecule has 7 rings (SSSR count). The van der Waals surface area contributed by atoms with E-state index in [-0.39, 0.29) is 25.3 Å². The lowest BCUT2D eigenvalue weighted by atomic mass is 9.76. The van der Waals surface area contributed by atoms with Gasteiger partial charge in [-0.25, -0.2) is 18.0 Å². The van der Waals surface area contributed by atoms with Gasteiger partial charge in [0.25, 0.3) is 5.92 Å². The Bertz CT molecular complexity index is 1710. The van der Waals surface area contributed by atoms with Crippen molar-refractivity contribution in [1.29, 1.82) is 0 Å². The molecule has 1 spiro atoms. The second-order valence-electron chi connectivity index (χ2n) is 14.1. The smallest absolute Gasteiger partial charge is 0.340 e. The van der Waals surface area contributed by atoms with Crippen molar-refractivity contribution in [3.63, 3.8) is 0 Å². The predicted molar refractivity (Wildman–Crippen MR) is 188 cm³/mol. The van der Waals surface area contributed by atoms with Gasteiger partial charge in [0, 0.05) is 71.3 Å². The number of carbonyl (C=O) groups is 2. The molecular weight excluding hydrogens is 685 g/mol. The fraction of sp³-hybridized carbons (Fsp3) is 0.487. The summed E-state index contributed by atoms with van der Waals surface area (Å²) in [5, 5.41) is 0. The van der Waals surface area contributed by atoms with E-state index in [0.29, 0.717) is 83.7 Å². The van der Waals surface area contributed by atoms with Crippen LogP contribution in [0, 0.1) is 0 Å². The summed E-state index contributed by atoms with van der Waals surface area (Å²) in [6.45, 7) is 3.22. The molecule has 51 heavy (non-hydrogen) atoms. The van der Waals surface area contributed by atoms with E-state index in [2.05, 4.69) is 0 Å². The summed E-state index contributed by atoms with van der Waals surface area (Å²) in [6, 6.07) is 15.5. The lowest BCUT2D eigenvalue weighted by Crippen LogP contribution is -2.57. The predicted octanol–water partition coefficient (Wildman–Crippen LogP) is 8.05. The number of carbonyl (C=O) groups excluding carboxylic acids is 2. The first-order valence-corrected chi connectivity index (χ1v) is 18.2. The Morgan fingerprint density at radius 2 is 1.37 bits per heavy atom. The molecule has 272 valence electrons. The Balaban J connectivity index is 1.10. The Hall–Kier alpha value is -3.80. The Morgan fingerprint density at radius 1 is 0.765 bits per heavy atom. The molecule has 4 aliphatic heterocycles. The molecule has 4 aliphatic rings. The van der Waals surface area contributed by atoms with Crippen molar-refractivity contribution >= 4 is 34.7 Å². The monoisotopic (exact) mass is 726 g/mol. The van der Waals surface area contributed by atoms with Crippen LogP contribution in [0.4, 0.5) is 24.5 Å². The number of hydrogen-bond acceptors (Lipinski definition) is 8. The van der Waals surface area contributed by atoms with Crippen LogP contribution < -0.4 is 14.5 Å². The first kappa shape index (κ1) is 35.6. The largest absolute Gasteiger partial charge is 0.456 e. The molecule has 1 unspecified atom stereocenters. The molecule has 0 radical (unpaired) electrons. The number of hydrogen-bond donors (Lipinski definition) is 0. The highest BCUT2D eigenvalue weighted by Crippen LogP contribution is 2.57. The van der Waals surface area contributed by atoms with Crippen LogP contribution >= 0.6 is 11.6 Å². The van der Waals surface area contributed by atoms with Gasteiger partial charge in [-0.2, -0.15) is 0 Å². The lowest BCUT2D eigenvalue weighted by Gasteiger charge is -2.44. The number of fused-ring (bicyclic) bond motifs is 6. The second kappa shape index (κ2) is 14.3. The van der Waals surface area contributed by atoms with Crippen molar-refractivity contribution in [2.45, 2.75) is 62.6 Å². The number of anilines is 2. The van der Waals surface area contributed by atoms with Crippen molar-refractivity contribution in [2.24, 2.45) is 0 Å². The third kappa shape index (κ3) is 7.17. The fourth-order valence-electron chi connectivity index (χ4n) is 7.35. The van der Waals surface area contributed by atoms with Gasteiger partial charge in [-0.15, -0.1) is 11.6 Å². The van der Waals surface area contributed by atoms with Crippen LogP contribution in [0.2, 0.25) is 0 Å². The van der Waals surface area contributed by atoms with Gasteiger partial charge in [-0.3, -0.25) is 4.79 Å². The standard InChI is InChI=1S/C39H42ClF3N2O6/c1-37(41)22-44(23-37)27-9-12-30-34(20-27)50-35-21-28(45-24-38(42,43)25-45)10-13-31(35)39(30)32-19-26(8-11-29(32)36(47)51-39)33(46)7-6-16-49-18-17-48-15-5-3-2-4-14-40/h8-13,19-21H,2-7,14-18,22-25H2,1H3. The van der Waals surface area contributed by atoms with Crippen molar-refractivity contribution in [3.05, 3.63) is 82.4 Å². The summed E-state index contributed by atoms with van der Waals surface area (Å²) >= 11 is 5.70. The Labute approximate surface area is 300 Å². The molecule has 0 N–H and O–H groups in total. The van der Waals surface area contributed by atoms with E-state index >= 15 is 0 Å². The summed E-state index contributed by atoms with van der Waals surface area (Å²) in [7, 11) is 0. The molecule has 8 nitrogen and oxygen atoms in total. The van der Waals surface area contributed by atoms with Gasteiger partial charge in [-0.05, 0) is 62.6 Å². The third-order valence-corrected chi connectivity index (χ3v) is 10.2. The number of esters is 1. The molecule has 12 heteroatoms. The summed E-state index contributed by atoms with van der Waals surface area (Å²) in [5.74, 6) is -2.00. The van der Waals surface area contributed by atoms with Crippen molar-refractivity contribution in [2.75, 3.05) is 68.3 Å². The highest BCUT2D eigenvalue weighted by molar-refractivity contribution is 6.17. The average Bonchev–Trinajstić information content (AvgIpc) is 3.37. The van der Waals surface area contributed by atoms with Crippen LogP contribution in [0.3, 0.4) is 0 Å². The van der Waals surface area contributed by atoms with E-state index < -0.39 is 36.3 Å². The number of ketones is 1. The Morgan fingerprint density at radius 3 is 1.98 bits per heavy atom. The van der Waals surface area contributed by atoms with E-state index in [1.54, 1.807) is 54.3 Å².